The molecular weight excluding hydrogens is 254 g/mol. The third kappa shape index (κ3) is 3.74. The molecule has 0 saturated heterocycles. The Balaban J connectivity index is 1.98. The predicted octanol–water partition coefficient (Wildman–Crippen LogP) is 3.25. The van der Waals surface area contributed by atoms with E-state index in [1.165, 1.54) is 19.3 Å². The lowest BCUT2D eigenvalue weighted by Gasteiger charge is -2.35. The van der Waals surface area contributed by atoms with Gasteiger partial charge in [-0.05, 0) is 25.7 Å². The summed E-state index contributed by atoms with van der Waals surface area (Å²) in [6.45, 7) is 0. The van der Waals surface area contributed by atoms with E-state index in [9.17, 15) is 14.7 Å². The molecule has 4 nitrogen and oxygen atoms in total. The molecule has 2 saturated carbocycles. The minimum atomic E-state index is -0.988. The van der Waals surface area contributed by atoms with Gasteiger partial charge in [0.1, 0.15) is 5.54 Å². The Kier molecular flexibility index (Phi) is 5.44. The number of hydrogen-bond acceptors (Lipinski definition) is 2. The molecule has 0 bridgehead atoms. The second kappa shape index (κ2) is 7.09. The largest absolute Gasteiger partial charge is 0.480 e. The van der Waals surface area contributed by atoms with Crippen LogP contribution in [0.5, 0.6) is 0 Å². The Hall–Kier alpha value is -1.06. The van der Waals surface area contributed by atoms with Crippen LogP contribution < -0.4 is 5.32 Å². The molecule has 20 heavy (non-hydrogen) atoms. The molecule has 114 valence electrons. The van der Waals surface area contributed by atoms with E-state index in [0.29, 0.717) is 12.8 Å². The summed E-state index contributed by atoms with van der Waals surface area (Å²) in [6.07, 6.45) is 11.7. The van der Waals surface area contributed by atoms with Crippen molar-refractivity contribution in [3.8, 4) is 0 Å². The van der Waals surface area contributed by atoms with Crippen LogP contribution in [0.25, 0.3) is 0 Å². The second-order valence-electron chi connectivity index (χ2n) is 6.48. The molecule has 4 heteroatoms. The predicted molar refractivity (Wildman–Crippen MR) is 77.4 cm³/mol. The van der Waals surface area contributed by atoms with Crippen molar-refractivity contribution in [2.75, 3.05) is 0 Å². The van der Waals surface area contributed by atoms with Crippen LogP contribution >= 0.6 is 0 Å². The maximum atomic E-state index is 12.5. The molecule has 0 atom stereocenters. The Morgan fingerprint density at radius 3 is 1.90 bits per heavy atom. The molecule has 0 aromatic heterocycles. The molecule has 0 unspecified atom stereocenters. The highest BCUT2D eigenvalue weighted by Gasteiger charge is 2.41. The second-order valence-corrected chi connectivity index (χ2v) is 6.48. The van der Waals surface area contributed by atoms with E-state index < -0.39 is 11.5 Å². The normalized spacial score (nSPS) is 24.4. The van der Waals surface area contributed by atoms with Gasteiger partial charge in [0.2, 0.25) is 5.91 Å². The zero-order valence-corrected chi connectivity index (χ0v) is 12.3. The van der Waals surface area contributed by atoms with Gasteiger partial charge in [-0.25, -0.2) is 4.79 Å². The van der Waals surface area contributed by atoms with Crippen LogP contribution in [-0.2, 0) is 9.59 Å². The Morgan fingerprint density at radius 1 is 0.850 bits per heavy atom. The van der Waals surface area contributed by atoms with Crippen LogP contribution in [0.4, 0.5) is 0 Å². The van der Waals surface area contributed by atoms with Crippen molar-refractivity contribution in [3.63, 3.8) is 0 Å². The van der Waals surface area contributed by atoms with E-state index in [1.807, 2.05) is 0 Å². The van der Waals surface area contributed by atoms with E-state index >= 15 is 0 Å². The van der Waals surface area contributed by atoms with Crippen molar-refractivity contribution in [3.05, 3.63) is 0 Å². The smallest absolute Gasteiger partial charge is 0.329 e. The third-order valence-electron chi connectivity index (χ3n) is 4.95. The summed E-state index contributed by atoms with van der Waals surface area (Å²) in [7, 11) is 0. The number of rotatable bonds is 3. The molecule has 0 heterocycles. The summed E-state index contributed by atoms with van der Waals surface area (Å²) < 4.78 is 0. The van der Waals surface area contributed by atoms with Gasteiger partial charge in [-0.1, -0.05) is 51.4 Å². The van der Waals surface area contributed by atoms with Crippen molar-refractivity contribution >= 4 is 11.9 Å². The van der Waals surface area contributed by atoms with Gasteiger partial charge in [0.25, 0.3) is 0 Å². The Morgan fingerprint density at radius 2 is 1.35 bits per heavy atom. The first kappa shape index (κ1) is 15.3. The lowest BCUT2D eigenvalue weighted by molar-refractivity contribution is -0.150. The molecule has 0 aromatic rings. The van der Waals surface area contributed by atoms with Gasteiger partial charge in [0.15, 0.2) is 0 Å². The van der Waals surface area contributed by atoms with Gasteiger partial charge >= 0.3 is 5.97 Å². The maximum Gasteiger partial charge on any atom is 0.329 e. The third-order valence-corrected chi connectivity index (χ3v) is 4.95. The summed E-state index contributed by atoms with van der Waals surface area (Å²) in [6, 6.07) is 0. The summed E-state index contributed by atoms with van der Waals surface area (Å²) >= 11 is 0. The van der Waals surface area contributed by atoms with Crippen molar-refractivity contribution in [1.29, 1.82) is 0 Å². The monoisotopic (exact) mass is 281 g/mol. The molecule has 2 aliphatic rings. The fourth-order valence-electron chi connectivity index (χ4n) is 3.60. The van der Waals surface area contributed by atoms with Crippen LogP contribution in [0, 0.1) is 5.92 Å². The van der Waals surface area contributed by atoms with Gasteiger partial charge in [-0.15, -0.1) is 0 Å². The van der Waals surface area contributed by atoms with E-state index in [2.05, 4.69) is 5.32 Å². The molecule has 2 aliphatic carbocycles. The molecule has 2 fully saturated rings. The summed E-state index contributed by atoms with van der Waals surface area (Å²) in [5, 5.41) is 12.4. The molecule has 0 aromatic carbocycles. The lowest BCUT2D eigenvalue weighted by atomic mass is 9.80. The number of hydrogen-bond donors (Lipinski definition) is 2. The first-order valence-corrected chi connectivity index (χ1v) is 8.19. The van der Waals surface area contributed by atoms with E-state index in [-0.39, 0.29) is 11.8 Å². The van der Waals surface area contributed by atoms with Crippen molar-refractivity contribution in [2.45, 2.75) is 82.6 Å². The van der Waals surface area contributed by atoms with Crippen molar-refractivity contribution < 1.29 is 14.7 Å². The molecule has 0 spiro atoms. The number of carboxylic acids is 1. The van der Waals surface area contributed by atoms with Crippen LogP contribution in [-0.4, -0.2) is 22.5 Å². The number of aliphatic carboxylic acids is 1. The number of amides is 1. The number of nitrogens with one attached hydrogen (secondary N) is 1. The molecule has 2 N–H and O–H groups in total. The zero-order valence-electron chi connectivity index (χ0n) is 12.3. The average Bonchev–Trinajstić information content (AvgIpc) is 2.39. The van der Waals surface area contributed by atoms with E-state index in [1.54, 1.807) is 0 Å². The molecule has 2 rings (SSSR count). The summed E-state index contributed by atoms with van der Waals surface area (Å²) in [5.41, 5.74) is -0.988. The zero-order chi connectivity index (χ0) is 14.4. The topological polar surface area (TPSA) is 66.4 Å². The summed E-state index contributed by atoms with van der Waals surface area (Å²) in [4.78, 5) is 24.1. The van der Waals surface area contributed by atoms with Gasteiger partial charge in [0.05, 0.1) is 0 Å². The SMILES string of the molecule is O=C(NC1(C(=O)O)CCCCC1)C1CCCCCCC1. The first-order valence-electron chi connectivity index (χ1n) is 8.19. The average molecular weight is 281 g/mol. The highest BCUT2D eigenvalue weighted by Crippen LogP contribution is 2.30. The minimum absolute atomic E-state index is 0.0174. The lowest BCUT2D eigenvalue weighted by Crippen LogP contribution is -2.57. The highest BCUT2D eigenvalue weighted by molar-refractivity contribution is 5.88. The van der Waals surface area contributed by atoms with Gasteiger partial charge in [-0.3, -0.25) is 4.79 Å². The Labute approximate surface area is 121 Å². The van der Waals surface area contributed by atoms with E-state index in [0.717, 1.165) is 44.9 Å². The van der Waals surface area contributed by atoms with Crippen LogP contribution in [0.2, 0.25) is 0 Å². The van der Waals surface area contributed by atoms with Gasteiger partial charge < -0.3 is 10.4 Å². The van der Waals surface area contributed by atoms with Gasteiger partial charge in [0, 0.05) is 5.92 Å². The maximum absolute atomic E-state index is 12.5. The highest BCUT2D eigenvalue weighted by atomic mass is 16.4. The van der Waals surface area contributed by atoms with Crippen molar-refractivity contribution in [1.82, 2.24) is 5.32 Å². The fraction of sp³-hybridized carbons (Fsp3) is 0.875. The fourth-order valence-corrected chi connectivity index (χ4v) is 3.60. The number of carboxylic acid groups (broad SMARTS) is 1. The van der Waals surface area contributed by atoms with Crippen LogP contribution in [0.3, 0.4) is 0 Å². The van der Waals surface area contributed by atoms with Gasteiger partial charge in [-0.2, -0.15) is 0 Å². The standard InChI is InChI=1S/C16H27NO3/c18-14(13-9-5-2-1-3-6-10-13)17-16(15(19)20)11-7-4-8-12-16/h13H,1-12H2,(H,17,18)(H,19,20). The number of carbonyl (C=O) groups is 2. The Bertz CT molecular complexity index is 340. The van der Waals surface area contributed by atoms with Crippen LogP contribution in [0.15, 0.2) is 0 Å². The first-order chi connectivity index (χ1) is 9.64. The molecule has 0 aliphatic heterocycles. The number of carbonyl (C=O) groups excluding carboxylic acids is 1. The van der Waals surface area contributed by atoms with E-state index in [4.69, 9.17) is 0 Å². The minimum Gasteiger partial charge on any atom is -0.480 e. The molecule has 0 radical (unpaired) electrons. The van der Waals surface area contributed by atoms with Crippen LogP contribution in [0.1, 0.15) is 77.0 Å². The molecule has 1 amide bonds. The van der Waals surface area contributed by atoms with Crippen molar-refractivity contribution in [2.24, 2.45) is 5.92 Å². The molecular formula is C16H27NO3. The quantitative estimate of drug-likeness (QED) is 0.834. The summed E-state index contributed by atoms with van der Waals surface area (Å²) in [5.74, 6) is -0.846.